The van der Waals surface area contributed by atoms with Gasteiger partial charge in [-0.25, -0.2) is 9.97 Å². The lowest BCUT2D eigenvalue weighted by molar-refractivity contribution is 0.602. The summed E-state index contributed by atoms with van der Waals surface area (Å²) in [6, 6.07) is 5.92. The van der Waals surface area contributed by atoms with Crippen LogP contribution in [0.25, 0.3) is 21.5 Å². The van der Waals surface area contributed by atoms with Gasteiger partial charge in [0.15, 0.2) is 12.0 Å². The van der Waals surface area contributed by atoms with E-state index in [1.807, 2.05) is 24.4 Å². The molecule has 0 fully saturated rings. The molecule has 2 N–H and O–H groups in total. The number of nitrogens with zero attached hydrogens (tertiary/aromatic N) is 2. The maximum Gasteiger partial charge on any atom is 0.181 e. The molecule has 0 aliphatic heterocycles. The summed E-state index contributed by atoms with van der Waals surface area (Å²) in [7, 11) is 0. The van der Waals surface area contributed by atoms with Gasteiger partial charge >= 0.3 is 0 Å². The van der Waals surface area contributed by atoms with E-state index in [1.54, 1.807) is 11.3 Å². The van der Waals surface area contributed by atoms with Gasteiger partial charge in [0.05, 0.1) is 4.88 Å². The first-order valence-corrected chi connectivity index (χ1v) is 5.67. The molecule has 5 heteroatoms. The molecule has 0 unspecified atom stereocenters. The fourth-order valence-corrected chi connectivity index (χ4v) is 2.34. The van der Waals surface area contributed by atoms with Gasteiger partial charge in [0.25, 0.3) is 0 Å². The molecule has 0 spiro atoms. The molecular weight excluding hydrogens is 222 g/mol. The molecule has 16 heavy (non-hydrogen) atoms. The van der Waals surface area contributed by atoms with Crippen LogP contribution in [0.3, 0.4) is 0 Å². The highest BCUT2D eigenvalue weighted by Gasteiger charge is 2.06. The third-order valence-electron chi connectivity index (χ3n) is 2.34. The van der Waals surface area contributed by atoms with Crippen LogP contribution in [0.2, 0.25) is 0 Å². The van der Waals surface area contributed by atoms with Crippen molar-refractivity contribution >= 4 is 22.4 Å². The summed E-state index contributed by atoms with van der Waals surface area (Å²) in [6.07, 6.45) is 3.29. The van der Waals surface area contributed by atoms with E-state index in [-0.39, 0.29) is 0 Å². The first kappa shape index (κ1) is 9.50. The highest BCUT2D eigenvalue weighted by atomic mass is 32.1. The molecule has 2 heterocycles. The zero-order valence-corrected chi connectivity index (χ0v) is 9.20. The van der Waals surface area contributed by atoms with Crippen molar-refractivity contribution in [3.8, 4) is 10.4 Å². The summed E-state index contributed by atoms with van der Waals surface area (Å²) in [4.78, 5) is 9.40. The largest absolute Gasteiger partial charge is 0.443 e. The molecule has 0 amide bonds. The number of oxazole rings is 1. The molecular formula is C11H9N3OS. The standard InChI is InChI=1S/C11H9N3OS/c12-4-11-13-5-10(16-11)7-1-2-8-9(3-7)15-6-14-8/h1-3,5-6H,4,12H2. The van der Waals surface area contributed by atoms with Gasteiger partial charge in [-0.2, -0.15) is 0 Å². The van der Waals surface area contributed by atoms with Gasteiger partial charge in [0.1, 0.15) is 10.5 Å². The Labute approximate surface area is 95.7 Å². The first-order valence-electron chi connectivity index (χ1n) is 4.85. The minimum absolute atomic E-state index is 0.481. The summed E-state index contributed by atoms with van der Waals surface area (Å²) in [6.45, 7) is 0.481. The van der Waals surface area contributed by atoms with Gasteiger partial charge < -0.3 is 10.2 Å². The quantitative estimate of drug-likeness (QED) is 0.735. The van der Waals surface area contributed by atoms with Gasteiger partial charge in [-0.15, -0.1) is 11.3 Å². The number of benzene rings is 1. The molecule has 0 radical (unpaired) electrons. The Morgan fingerprint density at radius 3 is 3.06 bits per heavy atom. The molecule has 4 nitrogen and oxygen atoms in total. The smallest absolute Gasteiger partial charge is 0.181 e. The summed E-state index contributed by atoms with van der Waals surface area (Å²) in [5.41, 5.74) is 8.28. The maximum absolute atomic E-state index is 5.53. The van der Waals surface area contributed by atoms with Gasteiger partial charge in [-0.05, 0) is 17.7 Å². The number of rotatable bonds is 2. The van der Waals surface area contributed by atoms with Crippen LogP contribution in [0.1, 0.15) is 5.01 Å². The Morgan fingerprint density at radius 1 is 1.31 bits per heavy atom. The van der Waals surface area contributed by atoms with Gasteiger partial charge in [0, 0.05) is 12.7 Å². The fourth-order valence-electron chi connectivity index (χ4n) is 1.55. The number of nitrogens with two attached hydrogens (primary N) is 1. The molecule has 2 aromatic heterocycles. The molecule has 0 aliphatic rings. The van der Waals surface area contributed by atoms with E-state index >= 15 is 0 Å². The van der Waals surface area contributed by atoms with E-state index in [0.717, 1.165) is 26.5 Å². The number of aromatic nitrogens is 2. The van der Waals surface area contributed by atoms with Crippen molar-refractivity contribution in [3.05, 3.63) is 35.8 Å². The number of hydrogen-bond donors (Lipinski definition) is 1. The van der Waals surface area contributed by atoms with Crippen molar-refractivity contribution in [1.82, 2.24) is 9.97 Å². The minimum atomic E-state index is 0.481. The van der Waals surface area contributed by atoms with E-state index in [9.17, 15) is 0 Å². The van der Waals surface area contributed by atoms with Crippen LogP contribution in [0, 0.1) is 0 Å². The molecule has 0 bridgehead atoms. The Morgan fingerprint density at radius 2 is 2.25 bits per heavy atom. The lowest BCUT2D eigenvalue weighted by Gasteiger charge is -1.94. The lowest BCUT2D eigenvalue weighted by atomic mass is 10.2. The van der Waals surface area contributed by atoms with Crippen LogP contribution >= 0.6 is 11.3 Å². The predicted molar refractivity (Wildman–Crippen MR) is 63.0 cm³/mol. The normalized spacial score (nSPS) is 11.1. The van der Waals surface area contributed by atoms with Crippen molar-refractivity contribution < 1.29 is 4.42 Å². The fraction of sp³-hybridized carbons (Fsp3) is 0.0909. The summed E-state index contributed by atoms with van der Waals surface area (Å²) < 4.78 is 5.26. The maximum atomic E-state index is 5.53. The molecule has 3 aromatic rings. The summed E-state index contributed by atoms with van der Waals surface area (Å²) in [5.74, 6) is 0. The van der Waals surface area contributed by atoms with E-state index in [0.29, 0.717) is 6.54 Å². The zero-order chi connectivity index (χ0) is 11.0. The van der Waals surface area contributed by atoms with E-state index in [2.05, 4.69) is 9.97 Å². The molecule has 3 rings (SSSR count). The van der Waals surface area contributed by atoms with Crippen molar-refractivity contribution in [1.29, 1.82) is 0 Å². The summed E-state index contributed by atoms with van der Waals surface area (Å²) >= 11 is 1.60. The van der Waals surface area contributed by atoms with E-state index in [4.69, 9.17) is 10.2 Å². The van der Waals surface area contributed by atoms with Crippen molar-refractivity contribution in [2.75, 3.05) is 0 Å². The SMILES string of the molecule is NCc1ncc(-c2ccc3ncoc3c2)s1. The third kappa shape index (κ3) is 1.50. The van der Waals surface area contributed by atoms with Crippen LogP contribution in [-0.4, -0.2) is 9.97 Å². The second-order valence-corrected chi connectivity index (χ2v) is 4.47. The van der Waals surface area contributed by atoms with Gasteiger partial charge in [-0.3, -0.25) is 0 Å². The van der Waals surface area contributed by atoms with Crippen molar-refractivity contribution in [3.63, 3.8) is 0 Å². The number of hydrogen-bond acceptors (Lipinski definition) is 5. The second kappa shape index (κ2) is 3.70. The molecule has 1 aromatic carbocycles. The van der Waals surface area contributed by atoms with Crippen LogP contribution in [-0.2, 0) is 6.54 Å². The highest BCUT2D eigenvalue weighted by Crippen LogP contribution is 2.28. The van der Waals surface area contributed by atoms with Crippen LogP contribution in [0.15, 0.2) is 35.2 Å². The van der Waals surface area contributed by atoms with Crippen LogP contribution in [0.5, 0.6) is 0 Å². The third-order valence-corrected chi connectivity index (χ3v) is 3.41. The molecule has 0 aliphatic carbocycles. The Hall–Kier alpha value is -1.72. The predicted octanol–water partition coefficient (Wildman–Crippen LogP) is 2.41. The average molecular weight is 231 g/mol. The molecule has 0 saturated carbocycles. The molecule has 80 valence electrons. The first-order chi connectivity index (χ1) is 7.86. The molecule has 0 atom stereocenters. The zero-order valence-electron chi connectivity index (χ0n) is 8.38. The minimum Gasteiger partial charge on any atom is -0.443 e. The van der Waals surface area contributed by atoms with E-state index in [1.165, 1.54) is 6.39 Å². The van der Waals surface area contributed by atoms with Crippen LogP contribution in [0.4, 0.5) is 0 Å². The van der Waals surface area contributed by atoms with Gasteiger partial charge in [0.2, 0.25) is 0 Å². The topological polar surface area (TPSA) is 64.9 Å². The summed E-state index contributed by atoms with van der Waals surface area (Å²) in [5, 5.41) is 0.938. The Kier molecular flexibility index (Phi) is 2.19. The molecule has 0 saturated heterocycles. The lowest BCUT2D eigenvalue weighted by Crippen LogP contribution is -1.93. The van der Waals surface area contributed by atoms with Gasteiger partial charge in [-0.1, -0.05) is 6.07 Å². The van der Waals surface area contributed by atoms with Crippen LogP contribution < -0.4 is 5.73 Å². The Bertz CT molecular complexity index is 629. The number of fused-ring (bicyclic) bond motifs is 1. The van der Waals surface area contributed by atoms with Crippen molar-refractivity contribution in [2.24, 2.45) is 5.73 Å². The van der Waals surface area contributed by atoms with E-state index < -0.39 is 0 Å². The van der Waals surface area contributed by atoms with Crippen molar-refractivity contribution in [2.45, 2.75) is 6.54 Å². The second-order valence-electron chi connectivity index (χ2n) is 3.36. The monoisotopic (exact) mass is 231 g/mol. The highest BCUT2D eigenvalue weighted by molar-refractivity contribution is 7.15. The number of thiazole rings is 1. The average Bonchev–Trinajstić information content (AvgIpc) is 2.96. The Balaban J connectivity index is 2.10.